The predicted octanol–water partition coefficient (Wildman–Crippen LogP) is 5.06. The number of hydrogen-bond acceptors (Lipinski definition) is 6. The van der Waals surface area contributed by atoms with Gasteiger partial charge in [-0.3, -0.25) is 19.4 Å². The summed E-state index contributed by atoms with van der Waals surface area (Å²) in [5.41, 5.74) is 1.50. The van der Waals surface area contributed by atoms with Crippen LogP contribution in [0.25, 0.3) is 0 Å². The van der Waals surface area contributed by atoms with E-state index in [4.69, 9.17) is 9.72 Å². The first-order chi connectivity index (χ1) is 17.3. The SMILES string of the molecule is CC(=O)N(CCCN1CCOCC1)c1nc2c(s1)C1CC[C@@H]3[C@H](CC[C@]4(C)C(=O)CC[C@@H]34)[C@@]1(C)CC2. The van der Waals surface area contributed by atoms with Crippen molar-refractivity contribution < 1.29 is 14.3 Å². The number of amides is 1. The van der Waals surface area contributed by atoms with Crippen LogP contribution in [-0.2, 0) is 20.7 Å². The molecule has 0 bridgehead atoms. The molecule has 36 heavy (non-hydrogen) atoms. The zero-order valence-electron chi connectivity index (χ0n) is 22.4. The fourth-order valence-corrected chi connectivity index (χ4v) is 10.5. The van der Waals surface area contributed by atoms with E-state index in [1.807, 2.05) is 4.90 Å². The number of aryl methyl sites for hydroxylation is 1. The maximum atomic E-state index is 12.8. The molecule has 0 N–H and O–H groups in total. The molecule has 1 aromatic rings. The highest BCUT2D eigenvalue weighted by molar-refractivity contribution is 7.16. The van der Waals surface area contributed by atoms with Crippen molar-refractivity contribution in [3.05, 3.63) is 10.6 Å². The van der Waals surface area contributed by atoms with Gasteiger partial charge >= 0.3 is 0 Å². The normalized spacial score (nSPS) is 38.1. The van der Waals surface area contributed by atoms with Gasteiger partial charge in [0.15, 0.2) is 5.13 Å². The summed E-state index contributed by atoms with van der Waals surface area (Å²) < 4.78 is 5.47. The average Bonchev–Trinajstić information content (AvgIpc) is 3.42. The van der Waals surface area contributed by atoms with Gasteiger partial charge in [-0.2, -0.15) is 0 Å². The molecule has 5 aliphatic rings. The first-order valence-corrected chi connectivity index (χ1v) is 15.2. The van der Waals surface area contributed by atoms with Gasteiger partial charge in [-0.05, 0) is 74.5 Å². The van der Waals surface area contributed by atoms with E-state index in [0.717, 1.165) is 82.5 Å². The summed E-state index contributed by atoms with van der Waals surface area (Å²) >= 11 is 1.81. The number of nitrogens with zero attached hydrogens (tertiary/aromatic N) is 3. The molecule has 1 saturated heterocycles. The topological polar surface area (TPSA) is 62.7 Å². The average molecular weight is 514 g/mol. The van der Waals surface area contributed by atoms with Gasteiger partial charge in [-0.1, -0.05) is 13.8 Å². The highest BCUT2D eigenvalue weighted by atomic mass is 32.1. The van der Waals surface area contributed by atoms with Crippen LogP contribution in [-0.4, -0.2) is 61.0 Å². The van der Waals surface area contributed by atoms with Crippen LogP contribution in [0.15, 0.2) is 0 Å². The van der Waals surface area contributed by atoms with Crippen LogP contribution >= 0.6 is 11.3 Å². The summed E-state index contributed by atoms with van der Waals surface area (Å²) in [6, 6.07) is 0. The third kappa shape index (κ3) is 3.99. The van der Waals surface area contributed by atoms with Gasteiger partial charge in [0.05, 0.1) is 18.9 Å². The number of morpholine rings is 1. The van der Waals surface area contributed by atoms with E-state index < -0.39 is 0 Å². The molecule has 7 heteroatoms. The summed E-state index contributed by atoms with van der Waals surface area (Å²) in [7, 11) is 0. The van der Waals surface area contributed by atoms with Gasteiger partial charge in [0, 0.05) is 55.7 Å². The van der Waals surface area contributed by atoms with Crippen LogP contribution < -0.4 is 4.90 Å². The second-order valence-corrected chi connectivity index (χ2v) is 13.7. The van der Waals surface area contributed by atoms with Crippen LogP contribution in [0, 0.1) is 28.6 Å². The first kappa shape index (κ1) is 25.0. The standard InChI is InChI=1S/C29H43N3O3S/c1-19(33)32(14-4-13-31-15-17-35-18-16-31)27-30-24-10-12-28(2)22-9-11-29(3)21(7-8-25(29)34)20(22)5-6-23(28)26(24)36-27/h20-23H,4-18H2,1-3H3/t20-,21-,22-,23?,28+,29-/m0/s1. The lowest BCUT2D eigenvalue weighted by molar-refractivity contribution is -0.134. The van der Waals surface area contributed by atoms with E-state index in [1.54, 1.807) is 18.3 Å². The summed E-state index contributed by atoms with van der Waals surface area (Å²) in [5.74, 6) is 3.22. The second kappa shape index (κ2) is 9.46. The lowest BCUT2D eigenvalue weighted by atomic mass is 9.46. The number of carbonyl (C=O) groups excluding carboxylic acids is 2. The minimum atomic E-state index is -0.0505. The number of thiazole rings is 1. The Kier molecular flexibility index (Phi) is 6.57. The zero-order chi connectivity index (χ0) is 25.1. The molecule has 1 aliphatic heterocycles. The number of Topliss-reactive ketones (excluding diaryl/α,β-unsaturated/α-hetero) is 1. The van der Waals surface area contributed by atoms with Crippen molar-refractivity contribution in [2.45, 2.75) is 84.5 Å². The van der Waals surface area contributed by atoms with Crippen molar-refractivity contribution >= 4 is 28.2 Å². The fraction of sp³-hybridized carbons (Fsp3) is 0.828. The van der Waals surface area contributed by atoms with Crippen molar-refractivity contribution in [1.29, 1.82) is 0 Å². The molecule has 6 atom stereocenters. The molecule has 1 aromatic heterocycles. The number of ether oxygens (including phenoxy) is 1. The van der Waals surface area contributed by atoms with E-state index in [1.165, 1.54) is 36.3 Å². The first-order valence-electron chi connectivity index (χ1n) is 14.4. The van der Waals surface area contributed by atoms with Gasteiger partial charge in [0.1, 0.15) is 5.78 Å². The number of fused-ring (bicyclic) bond motifs is 7. The summed E-state index contributed by atoms with van der Waals surface area (Å²) in [6.07, 6.45) is 9.87. The number of ketones is 1. The van der Waals surface area contributed by atoms with Crippen molar-refractivity contribution in [3.8, 4) is 0 Å². The number of anilines is 1. The molecule has 6 rings (SSSR count). The quantitative estimate of drug-likeness (QED) is 0.551. The van der Waals surface area contributed by atoms with Gasteiger partial charge < -0.3 is 4.74 Å². The predicted molar refractivity (Wildman–Crippen MR) is 142 cm³/mol. The maximum absolute atomic E-state index is 12.8. The number of rotatable bonds is 5. The number of hydrogen-bond donors (Lipinski definition) is 0. The smallest absolute Gasteiger partial charge is 0.225 e. The van der Waals surface area contributed by atoms with Crippen LogP contribution in [0.3, 0.4) is 0 Å². The molecule has 3 saturated carbocycles. The Morgan fingerprint density at radius 1 is 1.11 bits per heavy atom. The lowest BCUT2D eigenvalue weighted by Gasteiger charge is -2.59. The molecule has 6 nitrogen and oxygen atoms in total. The van der Waals surface area contributed by atoms with Crippen LogP contribution in [0.1, 0.15) is 88.6 Å². The Labute approximate surface area is 220 Å². The highest BCUT2D eigenvalue weighted by Crippen LogP contribution is 2.67. The van der Waals surface area contributed by atoms with Crippen molar-refractivity contribution in [2.75, 3.05) is 44.3 Å². The fourth-order valence-electron chi connectivity index (χ4n) is 8.99. The number of aromatic nitrogens is 1. The Balaban J connectivity index is 1.19. The Morgan fingerprint density at radius 2 is 1.92 bits per heavy atom. The third-order valence-corrected chi connectivity index (χ3v) is 12.3. The molecule has 2 heterocycles. The molecular weight excluding hydrogens is 470 g/mol. The Bertz CT molecular complexity index is 1020. The van der Waals surface area contributed by atoms with Crippen molar-refractivity contribution in [2.24, 2.45) is 28.6 Å². The summed E-state index contributed by atoms with van der Waals surface area (Å²) in [6.45, 7) is 11.9. The molecule has 1 unspecified atom stereocenters. The Morgan fingerprint density at radius 3 is 2.69 bits per heavy atom. The third-order valence-electron chi connectivity index (χ3n) is 11.1. The molecule has 0 aromatic carbocycles. The minimum Gasteiger partial charge on any atom is -0.379 e. The molecule has 1 amide bonds. The van der Waals surface area contributed by atoms with Crippen molar-refractivity contribution in [1.82, 2.24) is 9.88 Å². The lowest BCUT2D eigenvalue weighted by Crippen LogP contribution is -2.52. The molecule has 4 aliphatic carbocycles. The summed E-state index contributed by atoms with van der Waals surface area (Å²) in [5, 5.41) is 0.915. The number of carbonyl (C=O) groups is 2. The van der Waals surface area contributed by atoms with E-state index >= 15 is 0 Å². The Hall–Kier alpha value is -1.31. The minimum absolute atomic E-state index is 0.0505. The molecule has 4 fully saturated rings. The van der Waals surface area contributed by atoms with Crippen LogP contribution in [0.5, 0.6) is 0 Å². The van der Waals surface area contributed by atoms with E-state index in [0.29, 0.717) is 29.0 Å². The van der Waals surface area contributed by atoms with Gasteiger partial charge in [0.25, 0.3) is 0 Å². The molecular formula is C29H43N3O3S. The van der Waals surface area contributed by atoms with Crippen LogP contribution in [0.2, 0.25) is 0 Å². The summed E-state index contributed by atoms with van der Waals surface area (Å²) in [4.78, 5) is 36.4. The van der Waals surface area contributed by atoms with Crippen molar-refractivity contribution in [3.63, 3.8) is 0 Å². The van der Waals surface area contributed by atoms with Gasteiger partial charge in [-0.15, -0.1) is 11.3 Å². The maximum Gasteiger partial charge on any atom is 0.225 e. The largest absolute Gasteiger partial charge is 0.379 e. The van der Waals surface area contributed by atoms with Crippen LogP contribution in [0.4, 0.5) is 5.13 Å². The highest BCUT2D eigenvalue weighted by Gasteiger charge is 2.60. The van der Waals surface area contributed by atoms with Gasteiger partial charge in [-0.25, -0.2) is 4.98 Å². The second-order valence-electron chi connectivity index (χ2n) is 12.7. The monoisotopic (exact) mass is 513 g/mol. The van der Waals surface area contributed by atoms with E-state index in [9.17, 15) is 9.59 Å². The molecule has 198 valence electrons. The molecule has 0 spiro atoms. The van der Waals surface area contributed by atoms with E-state index in [-0.39, 0.29) is 11.3 Å². The zero-order valence-corrected chi connectivity index (χ0v) is 23.2. The van der Waals surface area contributed by atoms with Gasteiger partial charge in [0.2, 0.25) is 5.91 Å². The van der Waals surface area contributed by atoms with E-state index in [2.05, 4.69) is 18.7 Å². The molecule has 0 radical (unpaired) electrons.